The molecule has 4 rings (SSSR count). The molecule has 0 aliphatic carbocycles. The lowest BCUT2D eigenvalue weighted by Gasteiger charge is -2.28. The van der Waals surface area contributed by atoms with Crippen molar-refractivity contribution in [3.05, 3.63) is 36.3 Å². The smallest absolute Gasteiger partial charge is 0.163 e. The largest absolute Gasteiger partial charge is 0.378 e. The van der Waals surface area contributed by atoms with E-state index < -0.39 is 0 Å². The summed E-state index contributed by atoms with van der Waals surface area (Å²) in [4.78, 5) is 11.0. The van der Waals surface area contributed by atoms with E-state index in [1.807, 2.05) is 14.0 Å². The van der Waals surface area contributed by atoms with E-state index in [1.54, 1.807) is 11.0 Å². The van der Waals surface area contributed by atoms with Gasteiger partial charge in [-0.1, -0.05) is 0 Å². The maximum absolute atomic E-state index is 5.40. The highest BCUT2D eigenvalue weighted by atomic mass is 16.5. The minimum absolute atomic E-state index is 0.782. The maximum atomic E-state index is 5.40. The topological polar surface area (TPSA) is 68.1 Å². The van der Waals surface area contributed by atoms with Crippen LogP contribution in [0.5, 0.6) is 0 Å². The van der Waals surface area contributed by atoms with E-state index in [1.165, 1.54) is 5.69 Å². The first-order valence-corrected chi connectivity index (χ1v) is 8.06. The summed E-state index contributed by atoms with van der Waals surface area (Å²) < 4.78 is 7.18. The van der Waals surface area contributed by atoms with Gasteiger partial charge in [-0.2, -0.15) is 5.10 Å². The number of benzene rings is 1. The number of anilines is 3. The fourth-order valence-electron chi connectivity index (χ4n) is 3.09. The fraction of sp³-hybridized carbons (Fsp3) is 0.353. The zero-order chi connectivity index (χ0) is 16.5. The van der Waals surface area contributed by atoms with Crippen LogP contribution in [0, 0.1) is 6.92 Å². The monoisotopic (exact) mass is 324 g/mol. The second-order valence-corrected chi connectivity index (χ2v) is 5.90. The summed E-state index contributed by atoms with van der Waals surface area (Å²) in [6.07, 6.45) is 1.56. The molecule has 1 aromatic carbocycles. The van der Waals surface area contributed by atoms with Gasteiger partial charge in [0.25, 0.3) is 0 Å². The number of hydrogen-bond donors (Lipinski definition) is 1. The molecule has 0 radical (unpaired) electrons. The third-order valence-corrected chi connectivity index (χ3v) is 4.30. The van der Waals surface area contributed by atoms with Crippen molar-refractivity contribution >= 4 is 28.2 Å². The van der Waals surface area contributed by atoms with Crippen molar-refractivity contribution in [3.8, 4) is 0 Å². The Morgan fingerprint density at radius 2 is 1.83 bits per heavy atom. The predicted molar refractivity (Wildman–Crippen MR) is 93.8 cm³/mol. The molecule has 0 saturated carbocycles. The van der Waals surface area contributed by atoms with Crippen LogP contribution in [0.3, 0.4) is 0 Å². The van der Waals surface area contributed by atoms with E-state index in [9.17, 15) is 0 Å². The van der Waals surface area contributed by atoms with Gasteiger partial charge in [-0.15, -0.1) is 0 Å². The van der Waals surface area contributed by atoms with Crippen LogP contribution in [0.25, 0.3) is 11.0 Å². The van der Waals surface area contributed by atoms with Gasteiger partial charge in [0.15, 0.2) is 5.65 Å². The molecule has 1 saturated heterocycles. The molecular weight excluding hydrogens is 304 g/mol. The van der Waals surface area contributed by atoms with Crippen LogP contribution in [0.15, 0.2) is 30.6 Å². The van der Waals surface area contributed by atoms with Crippen molar-refractivity contribution in [2.45, 2.75) is 6.92 Å². The van der Waals surface area contributed by atoms with Crippen LogP contribution in [0.1, 0.15) is 5.69 Å². The van der Waals surface area contributed by atoms with Crippen LogP contribution >= 0.6 is 0 Å². The van der Waals surface area contributed by atoms with Crippen LogP contribution < -0.4 is 10.2 Å². The summed E-state index contributed by atoms with van der Waals surface area (Å²) in [5.74, 6) is 0.782. The molecule has 24 heavy (non-hydrogen) atoms. The first kappa shape index (κ1) is 14.9. The van der Waals surface area contributed by atoms with Crippen molar-refractivity contribution in [2.75, 3.05) is 36.5 Å². The number of nitrogens with one attached hydrogen (secondary N) is 1. The van der Waals surface area contributed by atoms with Gasteiger partial charge in [-0.3, -0.25) is 4.68 Å². The van der Waals surface area contributed by atoms with Gasteiger partial charge >= 0.3 is 0 Å². The van der Waals surface area contributed by atoms with Gasteiger partial charge < -0.3 is 15.0 Å². The highest BCUT2D eigenvalue weighted by Gasteiger charge is 2.13. The Hall–Kier alpha value is -2.67. The molecule has 3 heterocycles. The predicted octanol–water partition coefficient (Wildman–Crippen LogP) is 2.25. The molecule has 0 spiro atoms. The summed E-state index contributed by atoms with van der Waals surface area (Å²) in [7, 11) is 1.89. The Morgan fingerprint density at radius 1 is 1.08 bits per heavy atom. The minimum atomic E-state index is 0.782. The third-order valence-electron chi connectivity index (χ3n) is 4.30. The molecule has 0 bridgehead atoms. The van der Waals surface area contributed by atoms with Crippen molar-refractivity contribution in [1.82, 2.24) is 19.7 Å². The van der Waals surface area contributed by atoms with Gasteiger partial charge in [0.05, 0.1) is 24.3 Å². The number of aryl methyl sites for hydroxylation is 2. The van der Waals surface area contributed by atoms with E-state index in [2.05, 4.69) is 49.5 Å². The molecule has 124 valence electrons. The first-order chi connectivity index (χ1) is 11.7. The van der Waals surface area contributed by atoms with Crippen LogP contribution in [0.2, 0.25) is 0 Å². The highest BCUT2D eigenvalue weighted by molar-refractivity contribution is 5.90. The molecule has 1 N–H and O–H groups in total. The summed E-state index contributed by atoms with van der Waals surface area (Å²) in [6, 6.07) is 8.40. The van der Waals surface area contributed by atoms with Crippen LogP contribution in [0.4, 0.5) is 17.2 Å². The average molecular weight is 324 g/mol. The van der Waals surface area contributed by atoms with Crippen molar-refractivity contribution in [2.24, 2.45) is 7.05 Å². The Morgan fingerprint density at radius 3 is 2.58 bits per heavy atom. The molecule has 2 aromatic heterocycles. The Kier molecular flexibility index (Phi) is 3.78. The van der Waals surface area contributed by atoms with Crippen LogP contribution in [-0.4, -0.2) is 46.1 Å². The van der Waals surface area contributed by atoms with E-state index in [0.717, 1.165) is 54.5 Å². The molecule has 3 aromatic rings. The zero-order valence-corrected chi connectivity index (χ0v) is 13.9. The summed E-state index contributed by atoms with van der Waals surface area (Å²) >= 11 is 0. The Balaban J connectivity index is 1.59. The lowest BCUT2D eigenvalue weighted by atomic mass is 10.2. The fourth-order valence-corrected chi connectivity index (χ4v) is 3.09. The highest BCUT2D eigenvalue weighted by Crippen LogP contribution is 2.26. The summed E-state index contributed by atoms with van der Waals surface area (Å²) in [5, 5.41) is 8.76. The van der Waals surface area contributed by atoms with E-state index in [-0.39, 0.29) is 0 Å². The van der Waals surface area contributed by atoms with Gasteiger partial charge in [-0.05, 0) is 31.2 Å². The van der Waals surface area contributed by atoms with Crippen molar-refractivity contribution in [1.29, 1.82) is 0 Å². The number of aromatic nitrogens is 4. The average Bonchev–Trinajstić information content (AvgIpc) is 2.92. The summed E-state index contributed by atoms with van der Waals surface area (Å²) in [6.45, 7) is 5.43. The standard InChI is InChI=1S/C17H20N6O/c1-12-15-16(18-11-19-17(15)22(2)21-12)20-13-3-5-14(6-4-13)23-7-9-24-10-8-23/h3-6,11H,7-10H2,1-2H3,(H,18,19,20). The molecule has 7 heteroatoms. The molecule has 7 nitrogen and oxygen atoms in total. The van der Waals surface area contributed by atoms with Crippen LogP contribution in [-0.2, 0) is 11.8 Å². The lowest BCUT2D eigenvalue weighted by molar-refractivity contribution is 0.122. The molecule has 0 unspecified atom stereocenters. The number of ether oxygens (including phenoxy) is 1. The zero-order valence-electron chi connectivity index (χ0n) is 13.9. The number of rotatable bonds is 3. The van der Waals surface area contributed by atoms with Gasteiger partial charge in [0.1, 0.15) is 12.1 Å². The molecule has 0 amide bonds. The Labute approximate surface area is 140 Å². The van der Waals surface area contributed by atoms with Crippen molar-refractivity contribution in [3.63, 3.8) is 0 Å². The SMILES string of the molecule is Cc1nn(C)c2ncnc(Nc3ccc(N4CCOCC4)cc3)c12. The molecule has 1 fully saturated rings. The summed E-state index contributed by atoms with van der Waals surface area (Å²) in [5.41, 5.74) is 3.96. The second kappa shape index (κ2) is 6.09. The van der Waals surface area contributed by atoms with Gasteiger partial charge in [0, 0.05) is 31.5 Å². The molecule has 0 atom stereocenters. The Bertz CT molecular complexity index is 851. The quantitative estimate of drug-likeness (QED) is 0.797. The molecule has 1 aliphatic heterocycles. The van der Waals surface area contributed by atoms with E-state index in [4.69, 9.17) is 4.74 Å². The molecule has 1 aliphatic rings. The second-order valence-electron chi connectivity index (χ2n) is 5.90. The lowest BCUT2D eigenvalue weighted by Crippen LogP contribution is -2.36. The normalized spacial score (nSPS) is 15.0. The first-order valence-electron chi connectivity index (χ1n) is 8.06. The van der Waals surface area contributed by atoms with Gasteiger partial charge in [0.2, 0.25) is 0 Å². The van der Waals surface area contributed by atoms with E-state index in [0.29, 0.717) is 0 Å². The number of nitrogens with zero attached hydrogens (tertiary/aromatic N) is 5. The van der Waals surface area contributed by atoms with E-state index >= 15 is 0 Å². The maximum Gasteiger partial charge on any atom is 0.163 e. The number of morpholine rings is 1. The third kappa shape index (κ3) is 2.67. The minimum Gasteiger partial charge on any atom is -0.378 e. The van der Waals surface area contributed by atoms with Crippen molar-refractivity contribution < 1.29 is 4.74 Å². The molecular formula is C17H20N6O. The number of fused-ring (bicyclic) bond motifs is 1. The number of hydrogen-bond acceptors (Lipinski definition) is 6. The van der Waals surface area contributed by atoms with Gasteiger partial charge in [-0.25, -0.2) is 9.97 Å².